The first-order valence-electron chi connectivity index (χ1n) is 30.8. The number of ether oxygens (including phenoxy) is 4. The number of aromatic nitrogens is 27. The van der Waals surface area contributed by atoms with Gasteiger partial charge in [-0.3, -0.25) is 14.0 Å². The van der Waals surface area contributed by atoms with Crippen LogP contribution in [0.5, 0.6) is 0 Å². The summed E-state index contributed by atoms with van der Waals surface area (Å²) >= 11 is 7.03. The first-order valence-corrected chi connectivity index (χ1v) is 32.3. The maximum Gasteiger partial charge on any atom is 0.221 e. The van der Waals surface area contributed by atoms with Crippen LogP contribution in [0, 0.1) is 0 Å². The van der Waals surface area contributed by atoms with Crippen LogP contribution in [0.2, 0.25) is 0 Å². The topological polar surface area (TPSA) is 332 Å². The van der Waals surface area contributed by atoms with Crippen molar-refractivity contribution >= 4 is 82.3 Å². The minimum absolute atomic E-state index is 0.0279. The Kier molecular flexibility index (Phi) is 17.9. The molecular formula is C61H59Br2N27O5. The molecular weight excluding hydrogens is 1350 g/mol. The molecule has 2 saturated heterocycles. The zero-order chi connectivity index (χ0) is 64.0. The number of hydrogen-bond acceptors (Lipinski definition) is 23. The van der Waals surface area contributed by atoms with E-state index < -0.39 is 0 Å². The van der Waals surface area contributed by atoms with Crippen molar-refractivity contribution in [3.63, 3.8) is 0 Å². The summed E-state index contributed by atoms with van der Waals surface area (Å²) in [4.78, 5) is 27.5. The number of aliphatic hydroxyl groups excluding tert-OH is 1. The van der Waals surface area contributed by atoms with E-state index in [4.69, 9.17) is 34.0 Å². The van der Waals surface area contributed by atoms with E-state index in [2.05, 4.69) is 125 Å². The lowest BCUT2D eigenvalue weighted by Gasteiger charge is -2.22. The molecule has 0 saturated carbocycles. The largest absolute Gasteiger partial charge is 0.394 e. The van der Waals surface area contributed by atoms with Crippen LogP contribution in [-0.2, 0) is 58.2 Å². The smallest absolute Gasteiger partial charge is 0.221 e. The fourth-order valence-electron chi connectivity index (χ4n) is 11.0. The Labute approximate surface area is 554 Å². The van der Waals surface area contributed by atoms with Crippen molar-refractivity contribution in [1.82, 2.24) is 133 Å². The van der Waals surface area contributed by atoms with Crippen LogP contribution in [0.3, 0.4) is 0 Å². The molecule has 0 amide bonds. The van der Waals surface area contributed by atoms with Gasteiger partial charge in [0.1, 0.15) is 0 Å². The normalized spacial score (nSPS) is 15.1. The lowest BCUT2D eigenvalue weighted by atomic mass is 10.2. The maximum atomic E-state index is 9.04. The van der Waals surface area contributed by atoms with Crippen molar-refractivity contribution < 1.29 is 24.1 Å². The first-order chi connectivity index (χ1) is 46.7. The molecule has 0 spiro atoms. The number of aliphatic hydroxyl groups is 1. The van der Waals surface area contributed by atoms with Crippen LogP contribution < -0.4 is 0 Å². The predicted molar refractivity (Wildman–Crippen MR) is 347 cm³/mol. The Morgan fingerprint density at radius 1 is 0.474 bits per heavy atom. The van der Waals surface area contributed by atoms with E-state index in [0.29, 0.717) is 97.8 Å². The highest BCUT2D eigenvalue weighted by Gasteiger charge is 2.19. The Morgan fingerprint density at radius 3 is 1.34 bits per heavy atom. The Hall–Kier alpha value is -10.1. The SMILES string of the molecule is Brc1cnn2ccc(Cn3nnc4ncc(-c5cnn(CCOC6CCCCO6)c5)nc43)cc12.OCCn1cc(-c2cnc3nnn(Cc4ccn5ncc(Br)c5c4)c3n2)cn1.c1cc2cc(Cn3nnc4ncc(-c5cnn(CCOC6CCCCO6)c5)nc43)ccn2n1. The van der Waals surface area contributed by atoms with Crippen molar-refractivity contribution in [3.8, 4) is 33.8 Å². The van der Waals surface area contributed by atoms with E-state index in [9.17, 15) is 0 Å². The van der Waals surface area contributed by atoms with Gasteiger partial charge in [-0.2, -0.15) is 30.6 Å². The summed E-state index contributed by atoms with van der Waals surface area (Å²) in [5.41, 5.74) is 14.2. The van der Waals surface area contributed by atoms with Gasteiger partial charge >= 0.3 is 0 Å². The van der Waals surface area contributed by atoms with Crippen molar-refractivity contribution in [1.29, 1.82) is 0 Å². The molecule has 0 bridgehead atoms. The van der Waals surface area contributed by atoms with Crippen LogP contribution in [0.25, 0.3) is 84.2 Å². The van der Waals surface area contributed by atoms with Gasteiger partial charge in [-0.05, 0) is 130 Å². The molecule has 32 nitrogen and oxygen atoms in total. The second-order valence-corrected chi connectivity index (χ2v) is 24.1. The number of hydrogen-bond donors (Lipinski definition) is 1. The number of pyridine rings is 3. The van der Waals surface area contributed by atoms with E-state index >= 15 is 0 Å². The number of halogens is 2. The van der Waals surface area contributed by atoms with Gasteiger partial charge < -0.3 is 24.1 Å². The summed E-state index contributed by atoms with van der Waals surface area (Å²) in [7, 11) is 0. The molecule has 17 heterocycles. The highest BCUT2D eigenvalue weighted by atomic mass is 79.9. The van der Waals surface area contributed by atoms with Crippen molar-refractivity contribution in [2.75, 3.05) is 33.0 Å². The summed E-state index contributed by atoms with van der Waals surface area (Å²) in [6.45, 7) is 5.96. The molecule has 15 aromatic heterocycles. The molecule has 34 heteroatoms. The highest BCUT2D eigenvalue weighted by Crippen LogP contribution is 2.25. The molecule has 2 aliphatic heterocycles. The zero-order valence-electron chi connectivity index (χ0n) is 50.8. The molecule has 482 valence electrons. The van der Waals surface area contributed by atoms with Crippen molar-refractivity contribution in [2.24, 2.45) is 0 Å². The molecule has 2 aliphatic rings. The van der Waals surface area contributed by atoms with Crippen molar-refractivity contribution in [3.05, 3.63) is 161 Å². The standard InChI is InChI=1S/C22H22BrN9O2.C22H23N9O2.C17H14BrN9O/c23-17-11-26-31-5-4-15(9-19(17)31)13-32-22-21(28-29-32)24-12-18(27-22)16-10-25-30(14-16)6-8-34-20-3-1-2-7-33-20;1-2-9-32-20(3-1)33-10-8-29-15-17(12-25-29)19-13-23-21-22(26-19)31(28-27-21)14-16-5-7-30-18(11-16)4-6-24-30;18-13-7-21-26-2-1-11(5-15(13)26)9-27-17-16(23-24-27)19-8-14(22-17)12-6-20-25(10-12)3-4-28/h4-5,9-12,14,20H,1-3,6-8,13H2;4-7,11-13,15,20H,1-3,8-10,14H2;1-2,5-8,10,28H,3-4,9H2. The van der Waals surface area contributed by atoms with E-state index in [-0.39, 0.29) is 19.2 Å². The Morgan fingerprint density at radius 2 is 0.905 bits per heavy atom. The maximum absolute atomic E-state index is 9.04. The molecule has 0 aromatic carbocycles. The van der Waals surface area contributed by atoms with Gasteiger partial charge in [-0.15, -0.1) is 15.3 Å². The molecule has 0 radical (unpaired) electrons. The van der Waals surface area contributed by atoms with Gasteiger partial charge in [-0.1, -0.05) is 15.6 Å². The van der Waals surface area contributed by atoms with E-state index in [1.165, 1.54) is 0 Å². The third-order valence-electron chi connectivity index (χ3n) is 15.9. The lowest BCUT2D eigenvalue weighted by molar-refractivity contribution is -0.164. The van der Waals surface area contributed by atoms with Gasteiger partial charge in [0.25, 0.3) is 0 Å². The van der Waals surface area contributed by atoms with Crippen molar-refractivity contribution in [2.45, 2.75) is 90.4 Å². The van der Waals surface area contributed by atoms with Gasteiger partial charge in [0.2, 0.25) is 16.9 Å². The molecule has 2 atom stereocenters. The van der Waals surface area contributed by atoms with Gasteiger partial charge in [-0.25, -0.2) is 57.5 Å². The lowest BCUT2D eigenvalue weighted by Crippen LogP contribution is -2.24. The fraction of sp³-hybridized carbons (Fsp3) is 0.311. The average molecular weight is 1410 g/mol. The molecule has 15 aromatic rings. The predicted octanol–water partition coefficient (Wildman–Crippen LogP) is 6.95. The minimum atomic E-state index is -0.0966. The third kappa shape index (κ3) is 13.9. The highest BCUT2D eigenvalue weighted by molar-refractivity contribution is 9.11. The second-order valence-electron chi connectivity index (χ2n) is 22.4. The fourth-order valence-corrected chi connectivity index (χ4v) is 11.7. The minimum Gasteiger partial charge on any atom is -0.394 e. The monoisotopic (exact) mass is 1410 g/mol. The van der Waals surface area contributed by atoms with Crippen LogP contribution in [-0.4, -0.2) is 184 Å². The summed E-state index contributed by atoms with van der Waals surface area (Å²) in [5, 5.41) is 60.1. The summed E-state index contributed by atoms with van der Waals surface area (Å²) in [6, 6.07) is 14.1. The van der Waals surface area contributed by atoms with Crippen LogP contribution in [0.15, 0.2) is 144 Å². The number of rotatable bonds is 19. The molecule has 95 heavy (non-hydrogen) atoms. The average Bonchev–Trinajstić information content (AvgIpc) is 1.74. The van der Waals surface area contributed by atoms with Crippen LogP contribution in [0.4, 0.5) is 0 Å². The summed E-state index contributed by atoms with van der Waals surface area (Å²) in [5.74, 6) is 0. The number of fused-ring (bicyclic) bond motifs is 6. The summed E-state index contributed by atoms with van der Waals surface area (Å²) < 4.78 is 40.7. The van der Waals surface area contributed by atoms with E-state index in [0.717, 1.165) is 116 Å². The van der Waals surface area contributed by atoms with Crippen LogP contribution >= 0.6 is 31.9 Å². The van der Waals surface area contributed by atoms with E-state index in [1.54, 1.807) is 79.0 Å². The molecule has 17 rings (SSSR count). The molecule has 0 aliphatic carbocycles. The Bertz CT molecular complexity index is 5110. The quantitative estimate of drug-likeness (QED) is 0.0856. The molecule has 1 N–H and O–H groups in total. The van der Waals surface area contributed by atoms with Gasteiger partial charge in [0.15, 0.2) is 29.5 Å². The summed E-state index contributed by atoms with van der Waals surface area (Å²) in [6.07, 6.45) is 33.4. The van der Waals surface area contributed by atoms with Gasteiger partial charge in [0.05, 0.1) is 151 Å². The van der Waals surface area contributed by atoms with Gasteiger partial charge in [0, 0.05) is 73.3 Å². The Balaban J connectivity index is 0.000000118. The zero-order valence-corrected chi connectivity index (χ0v) is 54.0. The second kappa shape index (κ2) is 27.8. The molecule has 2 unspecified atom stereocenters. The van der Waals surface area contributed by atoms with E-state index in [1.807, 2.05) is 85.9 Å². The van der Waals surface area contributed by atoms with Crippen LogP contribution in [0.1, 0.15) is 55.2 Å². The molecule has 2 fully saturated rings. The third-order valence-corrected chi connectivity index (χ3v) is 17.1. The first kappa shape index (κ1) is 61.1. The number of nitrogens with zero attached hydrogens (tertiary/aromatic N) is 27.